The fourth-order valence-electron chi connectivity index (χ4n) is 2.15. The van der Waals surface area contributed by atoms with E-state index in [1.54, 1.807) is 12.3 Å². The summed E-state index contributed by atoms with van der Waals surface area (Å²) in [7, 11) is 0. The van der Waals surface area contributed by atoms with Crippen molar-refractivity contribution in [1.82, 2.24) is 4.98 Å². The van der Waals surface area contributed by atoms with Gasteiger partial charge in [0.15, 0.2) is 4.47 Å². The fourth-order valence-corrected chi connectivity index (χ4v) is 3.06. The highest BCUT2D eigenvalue weighted by molar-refractivity contribution is 7.15. The average Bonchev–Trinajstić information content (AvgIpc) is 3.00. The third-order valence-electron chi connectivity index (χ3n) is 3.35. The minimum atomic E-state index is -0.448. The summed E-state index contributed by atoms with van der Waals surface area (Å²) in [6, 6.07) is 12.1. The Morgan fingerprint density at radius 2 is 2.00 bits per heavy atom. The van der Waals surface area contributed by atoms with Crippen LogP contribution in [0.1, 0.15) is 10.4 Å². The molecule has 0 radical (unpaired) electrons. The third-order valence-corrected chi connectivity index (χ3v) is 4.47. The van der Waals surface area contributed by atoms with Crippen LogP contribution in [0, 0.1) is 17.0 Å². The molecule has 0 bridgehead atoms. The van der Waals surface area contributed by atoms with Crippen LogP contribution in [0.15, 0.2) is 48.7 Å². The summed E-state index contributed by atoms with van der Waals surface area (Å²) < 4.78 is 6.20. The molecule has 0 amide bonds. The minimum absolute atomic E-state index is 0.0468. The van der Waals surface area contributed by atoms with Gasteiger partial charge in [0, 0.05) is 28.9 Å². The predicted octanol–water partition coefficient (Wildman–Crippen LogP) is 5.42. The number of nitrogens with zero attached hydrogens (tertiary/aromatic N) is 2. The molecule has 0 saturated heterocycles. The largest absolute Gasteiger partial charge is 0.457 e. The van der Waals surface area contributed by atoms with Crippen molar-refractivity contribution in [1.29, 1.82) is 0 Å². The van der Waals surface area contributed by atoms with Gasteiger partial charge in [-0.15, -0.1) is 11.3 Å². The van der Waals surface area contributed by atoms with Gasteiger partial charge in [-0.05, 0) is 19.1 Å². The van der Waals surface area contributed by atoms with Crippen LogP contribution in [0.5, 0.6) is 11.5 Å². The number of nitro groups is 1. The number of halogens is 1. The molecule has 0 saturated carbocycles. The number of nitro benzene ring substituents is 1. The number of benzene rings is 2. The molecule has 3 aromatic rings. The van der Waals surface area contributed by atoms with E-state index >= 15 is 0 Å². The van der Waals surface area contributed by atoms with Crippen LogP contribution in [-0.2, 0) is 6.54 Å². The lowest BCUT2D eigenvalue weighted by Crippen LogP contribution is -1.99. The zero-order valence-corrected chi connectivity index (χ0v) is 14.8. The molecule has 1 N–H and O–H groups in total. The second kappa shape index (κ2) is 7.50. The molecule has 8 heteroatoms. The standard InChI is InChI=1S/C17H14ClN3O3S/c1-11-2-4-14(5-3-11)24-15-7-12(6-13(8-15)21(22)23)19-9-16-10-20-17(18)25-16/h2-8,10,19H,9H2,1H3. The SMILES string of the molecule is Cc1ccc(Oc2cc(NCc3cnc(Cl)s3)cc([N+](=O)[O-])c2)cc1. The fraction of sp³-hybridized carbons (Fsp3) is 0.118. The van der Waals surface area contributed by atoms with E-state index in [1.807, 2.05) is 31.2 Å². The van der Waals surface area contributed by atoms with E-state index in [0.29, 0.717) is 28.2 Å². The molecule has 25 heavy (non-hydrogen) atoms. The van der Waals surface area contributed by atoms with Gasteiger partial charge < -0.3 is 10.1 Å². The maximum absolute atomic E-state index is 11.2. The van der Waals surface area contributed by atoms with Crippen molar-refractivity contribution in [3.8, 4) is 11.5 Å². The quantitative estimate of drug-likeness (QED) is 0.460. The summed E-state index contributed by atoms with van der Waals surface area (Å²) >= 11 is 7.16. The smallest absolute Gasteiger partial charge is 0.275 e. The molecule has 0 aliphatic heterocycles. The number of anilines is 1. The Morgan fingerprint density at radius 3 is 2.64 bits per heavy atom. The number of non-ortho nitro benzene ring substituents is 1. The number of hydrogen-bond donors (Lipinski definition) is 1. The van der Waals surface area contributed by atoms with Crippen LogP contribution in [-0.4, -0.2) is 9.91 Å². The summed E-state index contributed by atoms with van der Waals surface area (Å²) in [4.78, 5) is 15.6. The summed E-state index contributed by atoms with van der Waals surface area (Å²) in [6.45, 7) is 2.44. The summed E-state index contributed by atoms with van der Waals surface area (Å²) in [5, 5.41) is 14.3. The monoisotopic (exact) mass is 375 g/mol. The van der Waals surface area contributed by atoms with Gasteiger partial charge in [0.25, 0.3) is 5.69 Å². The van der Waals surface area contributed by atoms with E-state index in [1.165, 1.54) is 23.5 Å². The first kappa shape index (κ1) is 17.2. The lowest BCUT2D eigenvalue weighted by Gasteiger charge is -2.10. The average molecular weight is 376 g/mol. The Labute approximate surface area is 153 Å². The zero-order valence-electron chi connectivity index (χ0n) is 13.2. The molecule has 0 atom stereocenters. The van der Waals surface area contributed by atoms with Gasteiger partial charge in [-0.25, -0.2) is 4.98 Å². The molecular weight excluding hydrogens is 362 g/mol. The lowest BCUT2D eigenvalue weighted by atomic mass is 10.2. The highest BCUT2D eigenvalue weighted by Gasteiger charge is 2.12. The number of aryl methyl sites for hydroxylation is 1. The maximum atomic E-state index is 11.2. The number of ether oxygens (including phenoxy) is 1. The first-order chi connectivity index (χ1) is 12.0. The summed E-state index contributed by atoms with van der Waals surface area (Å²) in [5.74, 6) is 1.01. The van der Waals surface area contributed by atoms with Crippen molar-refractivity contribution in [2.75, 3.05) is 5.32 Å². The van der Waals surface area contributed by atoms with Crippen molar-refractivity contribution in [2.24, 2.45) is 0 Å². The summed E-state index contributed by atoms with van der Waals surface area (Å²) in [5.41, 5.74) is 1.65. The molecule has 0 spiro atoms. The molecule has 0 aliphatic rings. The van der Waals surface area contributed by atoms with Gasteiger partial charge in [-0.2, -0.15) is 0 Å². The van der Waals surface area contributed by atoms with E-state index in [9.17, 15) is 10.1 Å². The molecule has 0 aliphatic carbocycles. The van der Waals surface area contributed by atoms with Crippen LogP contribution < -0.4 is 10.1 Å². The second-order valence-electron chi connectivity index (χ2n) is 5.32. The topological polar surface area (TPSA) is 77.3 Å². The van der Waals surface area contributed by atoms with Crippen LogP contribution in [0.4, 0.5) is 11.4 Å². The molecule has 3 rings (SSSR count). The van der Waals surface area contributed by atoms with Crippen LogP contribution in [0.25, 0.3) is 0 Å². The maximum Gasteiger partial charge on any atom is 0.275 e. The van der Waals surface area contributed by atoms with Crippen molar-refractivity contribution >= 4 is 34.3 Å². The number of nitrogens with one attached hydrogen (secondary N) is 1. The van der Waals surface area contributed by atoms with Crippen molar-refractivity contribution in [3.05, 3.63) is 73.7 Å². The first-order valence-corrected chi connectivity index (χ1v) is 8.57. The molecule has 6 nitrogen and oxygen atoms in total. The van der Waals surface area contributed by atoms with E-state index in [0.717, 1.165) is 10.4 Å². The van der Waals surface area contributed by atoms with Gasteiger partial charge in [0.05, 0.1) is 17.5 Å². The number of rotatable bonds is 6. The Balaban J connectivity index is 1.81. The van der Waals surface area contributed by atoms with Gasteiger partial charge in [-0.3, -0.25) is 10.1 Å². The van der Waals surface area contributed by atoms with Crippen LogP contribution in [0.3, 0.4) is 0 Å². The molecule has 128 valence electrons. The molecule has 2 aromatic carbocycles. The first-order valence-electron chi connectivity index (χ1n) is 7.38. The van der Waals surface area contributed by atoms with E-state index in [4.69, 9.17) is 16.3 Å². The number of thiazole rings is 1. The Bertz CT molecular complexity index is 896. The zero-order chi connectivity index (χ0) is 17.8. The van der Waals surface area contributed by atoms with E-state index < -0.39 is 4.92 Å². The van der Waals surface area contributed by atoms with Crippen molar-refractivity contribution in [3.63, 3.8) is 0 Å². The van der Waals surface area contributed by atoms with Crippen LogP contribution in [0.2, 0.25) is 4.47 Å². The molecule has 0 unspecified atom stereocenters. The lowest BCUT2D eigenvalue weighted by molar-refractivity contribution is -0.384. The Kier molecular flexibility index (Phi) is 5.16. The number of aromatic nitrogens is 1. The highest BCUT2D eigenvalue weighted by Crippen LogP contribution is 2.30. The highest BCUT2D eigenvalue weighted by atomic mass is 35.5. The molecule has 1 heterocycles. The second-order valence-corrected chi connectivity index (χ2v) is 7.02. The number of hydrogen-bond acceptors (Lipinski definition) is 6. The minimum Gasteiger partial charge on any atom is -0.457 e. The van der Waals surface area contributed by atoms with Crippen molar-refractivity contribution < 1.29 is 9.66 Å². The van der Waals surface area contributed by atoms with Gasteiger partial charge in [-0.1, -0.05) is 29.3 Å². The van der Waals surface area contributed by atoms with Gasteiger partial charge in [0.1, 0.15) is 11.5 Å². The van der Waals surface area contributed by atoms with Gasteiger partial charge in [0.2, 0.25) is 0 Å². The molecule has 1 aromatic heterocycles. The molecule has 0 fully saturated rings. The van der Waals surface area contributed by atoms with E-state index in [2.05, 4.69) is 10.3 Å². The summed E-state index contributed by atoms with van der Waals surface area (Å²) in [6.07, 6.45) is 1.67. The Hall–Kier alpha value is -2.64. The van der Waals surface area contributed by atoms with Gasteiger partial charge >= 0.3 is 0 Å². The van der Waals surface area contributed by atoms with E-state index in [-0.39, 0.29) is 5.69 Å². The third kappa shape index (κ3) is 4.68. The predicted molar refractivity (Wildman–Crippen MR) is 98.8 cm³/mol. The normalized spacial score (nSPS) is 10.5. The van der Waals surface area contributed by atoms with Crippen LogP contribution >= 0.6 is 22.9 Å². The Morgan fingerprint density at radius 1 is 1.24 bits per heavy atom. The van der Waals surface area contributed by atoms with Crippen molar-refractivity contribution in [2.45, 2.75) is 13.5 Å². The molecular formula is C17H14ClN3O3S.